The number of nitrogens with zero attached hydrogens (tertiary/aromatic N) is 4. The predicted molar refractivity (Wildman–Crippen MR) is 99.2 cm³/mol. The molecule has 0 bridgehead atoms. The number of nitrogens with one attached hydrogen (secondary N) is 2. The van der Waals surface area contributed by atoms with E-state index in [0.717, 1.165) is 24.9 Å². The first-order chi connectivity index (χ1) is 12.2. The summed E-state index contributed by atoms with van der Waals surface area (Å²) in [6.45, 7) is 7.79. The second-order valence-corrected chi connectivity index (χ2v) is 5.95. The minimum Gasteiger partial charge on any atom is -0.376 e. The normalized spacial score (nSPS) is 12.8. The Morgan fingerprint density at radius 2 is 2.08 bits per heavy atom. The van der Waals surface area contributed by atoms with Gasteiger partial charge < -0.3 is 19.9 Å². The van der Waals surface area contributed by atoms with Crippen molar-refractivity contribution in [2.24, 2.45) is 10.9 Å². The van der Waals surface area contributed by atoms with Crippen molar-refractivity contribution >= 4 is 5.96 Å². The number of aliphatic imine (C=N–C) groups is 1. The topological polar surface area (TPSA) is 76.4 Å². The monoisotopic (exact) mass is 344 g/mol. The molecule has 0 amide bonds. The van der Waals surface area contributed by atoms with Crippen LogP contribution in [0.15, 0.2) is 41.7 Å². The fourth-order valence-electron chi connectivity index (χ4n) is 2.35. The molecule has 0 fully saturated rings. The number of aryl methyl sites for hydroxylation is 1. The third kappa shape index (κ3) is 6.54. The molecular formula is C18H28N6O. The number of benzene rings is 1. The van der Waals surface area contributed by atoms with Crippen LogP contribution in [0.5, 0.6) is 0 Å². The molecule has 0 saturated heterocycles. The summed E-state index contributed by atoms with van der Waals surface area (Å²) >= 11 is 0. The molecule has 136 valence electrons. The van der Waals surface area contributed by atoms with E-state index in [2.05, 4.69) is 51.8 Å². The first-order valence-corrected chi connectivity index (χ1v) is 8.65. The van der Waals surface area contributed by atoms with E-state index in [1.54, 1.807) is 13.4 Å². The van der Waals surface area contributed by atoms with Crippen LogP contribution in [0.3, 0.4) is 0 Å². The van der Waals surface area contributed by atoms with Crippen molar-refractivity contribution in [3.8, 4) is 0 Å². The minimum atomic E-state index is 0.376. The standard InChI is InChI=1S/C18H28N6O/c1-4-24-14-22-23-17(24)11-21-18(19-3)20-10-15(2)12-25-13-16-8-6-5-7-9-16/h5-9,14-15H,4,10-13H2,1-3H3,(H2,19,20,21). The molecule has 0 spiro atoms. The Bertz CT molecular complexity index is 640. The Morgan fingerprint density at radius 3 is 2.80 bits per heavy atom. The van der Waals surface area contributed by atoms with Crippen molar-refractivity contribution in [2.75, 3.05) is 20.2 Å². The van der Waals surface area contributed by atoms with Gasteiger partial charge in [-0.05, 0) is 18.4 Å². The predicted octanol–water partition coefficient (Wildman–Crippen LogP) is 1.82. The van der Waals surface area contributed by atoms with E-state index in [1.807, 2.05) is 22.8 Å². The van der Waals surface area contributed by atoms with Crippen molar-refractivity contribution in [1.29, 1.82) is 0 Å². The highest BCUT2D eigenvalue weighted by Crippen LogP contribution is 2.03. The highest BCUT2D eigenvalue weighted by molar-refractivity contribution is 5.79. The second kappa shape index (κ2) is 10.5. The molecule has 1 heterocycles. The Morgan fingerprint density at radius 1 is 1.28 bits per heavy atom. The third-order valence-corrected chi connectivity index (χ3v) is 3.81. The van der Waals surface area contributed by atoms with Crippen LogP contribution in [0.1, 0.15) is 25.2 Å². The fourth-order valence-corrected chi connectivity index (χ4v) is 2.35. The van der Waals surface area contributed by atoms with E-state index in [9.17, 15) is 0 Å². The second-order valence-electron chi connectivity index (χ2n) is 5.95. The lowest BCUT2D eigenvalue weighted by Crippen LogP contribution is -2.40. The van der Waals surface area contributed by atoms with Crippen LogP contribution in [-0.2, 0) is 24.4 Å². The van der Waals surface area contributed by atoms with Gasteiger partial charge in [0.05, 0.1) is 19.8 Å². The van der Waals surface area contributed by atoms with Gasteiger partial charge in [0.2, 0.25) is 0 Å². The van der Waals surface area contributed by atoms with Gasteiger partial charge in [-0.3, -0.25) is 4.99 Å². The van der Waals surface area contributed by atoms with Crippen molar-refractivity contribution in [3.05, 3.63) is 48.0 Å². The molecule has 1 atom stereocenters. The smallest absolute Gasteiger partial charge is 0.191 e. The summed E-state index contributed by atoms with van der Waals surface area (Å²) in [5.74, 6) is 2.02. The maximum atomic E-state index is 5.77. The lowest BCUT2D eigenvalue weighted by Gasteiger charge is -2.16. The molecule has 0 radical (unpaired) electrons. The number of guanidine groups is 1. The number of aromatic nitrogens is 3. The third-order valence-electron chi connectivity index (χ3n) is 3.81. The molecule has 0 aliphatic heterocycles. The molecule has 1 aromatic heterocycles. The Balaban J connectivity index is 1.65. The maximum absolute atomic E-state index is 5.77. The summed E-state index contributed by atoms with van der Waals surface area (Å²) < 4.78 is 7.78. The molecule has 1 aromatic carbocycles. The highest BCUT2D eigenvalue weighted by atomic mass is 16.5. The molecule has 0 saturated carbocycles. The molecule has 25 heavy (non-hydrogen) atoms. The first kappa shape index (κ1) is 18.9. The van der Waals surface area contributed by atoms with Crippen molar-refractivity contribution < 1.29 is 4.74 Å². The van der Waals surface area contributed by atoms with Gasteiger partial charge in [-0.2, -0.15) is 0 Å². The molecule has 2 aromatic rings. The molecule has 0 aliphatic carbocycles. The van der Waals surface area contributed by atoms with E-state index < -0.39 is 0 Å². The molecule has 2 rings (SSSR count). The lowest BCUT2D eigenvalue weighted by molar-refractivity contribution is 0.0931. The van der Waals surface area contributed by atoms with E-state index >= 15 is 0 Å². The molecule has 2 N–H and O–H groups in total. The summed E-state index contributed by atoms with van der Waals surface area (Å²) in [7, 11) is 1.76. The van der Waals surface area contributed by atoms with Crippen LogP contribution in [-0.4, -0.2) is 40.9 Å². The van der Waals surface area contributed by atoms with Crippen molar-refractivity contribution in [3.63, 3.8) is 0 Å². The number of ether oxygens (including phenoxy) is 1. The average Bonchev–Trinajstić information content (AvgIpc) is 3.10. The van der Waals surface area contributed by atoms with Gasteiger partial charge in [0.15, 0.2) is 11.8 Å². The largest absolute Gasteiger partial charge is 0.376 e. The number of hydrogen-bond donors (Lipinski definition) is 2. The quantitative estimate of drug-likeness (QED) is 0.536. The zero-order valence-corrected chi connectivity index (χ0v) is 15.3. The summed E-state index contributed by atoms with van der Waals surface area (Å²) in [6, 6.07) is 10.2. The Hall–Kier alpha value is -2.41. The van der Waals surface area contributed by atoms with Crippen LogP contribution in [0.2, 0.25) is 0 Å². The van der Waals surface area contributed by atoms with Gasteiger partial charge in [-0.15, -0.1) is 10.2 Å². The van der Waals surface area contributed by atoms with Gasteiger partial charge in [0.1, 0.15) is 6.33 Å². The van der Waals surface area contributed by atoms with Crippen LogP contribution in [0.4, 0.5) is 0 Å². The highest BCUT2D eigenvalue weighted by Gasteiger charge is 2.07. The molecular weight excluding hydrogens is 316 g/mol. The van der Waals surface area contributed by atoms with Gasteiger partial charge in [-0.25, -0.2) is 0 Å². The summed E-state index contributed by atoms with van der Waals surface area (Å²) in [6.07, 6.45) is 1.74. The first-order valence-electron chi connectivity index (χ1n) is 8.65. The SMILES string of the molecule is CCn1cnnc1CNC(=NC)NCC(C)COCc1ccccc1. The number of hydrogen-bond acceptors (Lipinski definition) is 4. The Kier molecular flexibility index (Phi) is 7.91. The molecule has 7 nitrogen and oxygen atoms in total. The maximum Gasteiger partial charge on any atom is 0.191 e. The number of rotatable bonds is 9. The zero-order chi connectivity index (χ0) is 17.9. The molecule has 0 aliphatic rings. The van der Waals surface area contributed by atoms with Crippen LogP contribution >= 0.6 is 0 Å². The van der Waals surface area contributed by atoms with Crippen LogP contribution in [0, 0.1) is 5.92 Å². The van der Waals surface area contributed by atoms with E-state index in [1.165, 1.54) is 5.56 Å². The van der Waals surface area contributed by atoms with E-state index in [-0.39, 0.29) is 0 Å². The van der Waals surface area contributed by atoms with Crippen molar-refractivity contribution in [2.45, 2.75) is 33.5 Å². The van der Waals surface area contributed by atoms with Gasteiger partial charge in [-0.1, -0.05) is 37.3 Å². The van der Waals surface area contributed by atoms with Gasteiger partial charge in [0, 0.05) is 20.1 Å². The van der Waals surface area contributed by atoms with Crippen LogP contribution in [0.25, 0.3) is 0 Å². The van der Waals surface area contributed by atoms with E-state index in [0.29, 0.717) is 25.7 Å². The zero-order valence-electron chi connectivity index (χ0n) is 15.3. The minimum absolute atomic E-state index is 0.376. The van der Waals surface area contributed by atoms with Gasteiger partial charge >= 0.3 is 0 Å². The molecule has 7 heteroatoms. The molecule has 1 unspecified atom stereocenters. The average molecular weight is 344 g/mol. The lowest BCUT2D eigenvalue weighted by atomic mass is 10.2. The Labute approximate surface area is 149 Å². The van der Waals surface area contributed by atoms with Gasteiger partial charge in [0.25, 0.3) is 0 Å². The van der Waals surface area contributed by atoms with Crippen molar-refractivity contribution in [1.82, 2.24) is 25.4 Å². The summed E-state index contributed by atoms with van der Waals surface area (Å²) in [5, 5.41) is 14.6. The summed E-state index contributed by atoms with van der Waals surface area (Å²) in [5.41, 5.74) is 1.19. The van der Waals surface area contributed by atoms with Crippen LogP contribution < -0.4 is 10.6 Å². The van der Waals surface area contributed by atoms with E-state index in [4.69, 9.17) is 4.74 Å². The summed E-state index contributed by atoms with van der Waals surface area (Å²) in [4.78, 5) is 4.24. The fraction of sp³-hybridized carbons (Fsp3) is 0.500.